The number of benzene rings is 7. The molecule has 14 rings (SSSR count). The molecule has 0 radical (unpaired) electrons. The van der Waals surface area contributed by atoms with Crippen LogP contribution in [0.2, 0.25) is 0 Å². The Morgan fingerprint density at radius 2 is 1.12 bits per heavy atom. The van der Waals surface area contributed by atoms with Crippen LogP contribution >= 0.6 is 0 Å². The standard InChI is InChI=1S/C57H45N3/c1-3-12-39(13-4-1)42-33-47(36-58-35-42)59(54-20-11-21-55-56(54)50-17-8-10-19-53(50)60(55)45-14-5-2-6-15-45)46-25-22-40(23-26-46)41-24-27-49-48-16-7-9-18-51(48)57(52(49)34-41)43-29-37-28-38(31-43)32-44(57)30-37/h1-27,33-38,43-44H,28-32H2. The third kappa shape index (κ3) is 4.93. The van der Waals surface area contributed by atoms with E-state index in [1.807, 2.05) is 12.4 Å². The number of anilines is 3. The highest BCUT2D eigenvalue weighted by molar-refractivity contribution is 6.16. The number of hydrogen-bond donors (Lipinski definition) is 0. The minimum atomic E-state index is 0.153. The van der Waals surface area contributed by atoms with Gasteiger partial charge in [-0.15, -0.1) is 0 Å². The van der Waals surface area contributed by atoms with Crippen LogP contribution in [-0.2, 0) is 5.41 Å². The van der Waals surface area contributed by atoms with E-state index in [-0.39, 0.29) is 5.41 Å². The van der Waals surface area contributed by atoms with Gasteiger partial charge in [-0.25, -0.2) is 0 Å². The van der Waals surface area contributed by atoms with Crippen molar-refractivity contribution < 1.29 is 0 Å². The third-order valence-electron chi connectivity index (χ3n) is 15.0. The van der Waals surface area contributed by atoms with Crippen LogP contribution in [0.25, 0.3) is 60.9 Å². The molecule has 0 atom stereocenters. The van der Waals surface area contributed by atoms with Gasteiger partial charge in [-0.05, 0) is 149 Å². The van der Waals surface area contributed by atoms with Gasteiger partial charge in [0, 0.05) is 39.3 Å². The number of pyridine rings is 1. The van der Waals surface area contributed by atoms with E-state index >= 15 is 0 Å². The summed E-state index contributed by atoms with van der Waals surface area (Å²) < 4.78 is 2.40. The van der Waals surface area contributed by atoms with Crippen molar-refractivity contribution in [2.45, 2.75) is 37.5 Å². The zero-order valence-corrected chi connectivity index (χ0v) is 33.6. The quantitative estimate of drug-likeness (QED) is 0.168. The summed E-state index contributed by atoms with van der Waals surface area (Å²) in [6, 6.07) is 65.4. The Morgan fingerprint density at radius 3 is 1.92 bits per heavy atom. The lowest BCUT2D eigenvalue weighted by atomic mass is 9.43. The average molecular weight is 772 g/mol. The molecule has 4 fully saturated rings. The summed E-state index contributed by atoms with van der Waals surface area (Å²) in [5.74, 6) is 3.35. The molecule has 3 nitrogen and oxygen atoms in total. The van der Waals surface area contributed by atoms with Crippen molar-refractivity contribution in [2.24, 2.45) is 23.7 Å². The number of hydrogen-bond acceptors (Lipinski definition) is 2. The molecule has 5 aliphatic rings. The summed E-state index contributed by atoms with van der Waals surface area (Å²) >= 11 is 0. The topological polar surface area (TPSA) is 21.1 Å². The molecule has 0 N–H and O–H groups in total. The van der Waals surface area contributed by atoms with Crippen LogP contribution < -0.4 is 4.90 Å². The number of nitrogens with zero attached hydrogens (tertiary/aromatic N) is 3. The summed E-state index contributed by atoms with van der Waals surface area (Å²) in [6.07, 6.45) is 11.0. The Balaban J connectivity index is 0.969. The predicted octanol–water partition coefficient (Wildman–Crippen LogP) is 14.7. The molecule has 3 heteroatoms. The highest BCUT2D eigenvalue weighted by Gasteiger charge is 2.61. The lowest BCUT2D eigenvalue weighted by Crippen LogP contribution is -2.55. The monoisotopic (exact) mass is 771 g/mol. The molecule has 4 bridgehead atoms. The van der Waals surface area contributed by atoms with Crippen LogP contribution in [0.15, 0.2) is 188 Å². The summed E-state index contributed by atoms with van der Waals surface area (Å²) in [5.41, 5.74) is 17.9. The van der Waals surface area contributed by atoms with Crippen LogP contribution in [0.3, 0.4) is 0 Å². The fourth-order valence-electron chi connectivity index (χ4n) is 12.9. The van der Waals surface area contributed by atoms with Gasteiger partial charge in [-0.1, -0.05) is 121 Å². The smallest absolute Gasteiger partial charge is 0.0651 e. The van der Waals surface area contributed by atoms with Crippen LogP contribution in [0.5, 0.6) is 0 Å². The van der Waals surface area contributed by atoms with Crippen molar-refractivity contribution in [1.29, 1.82) is 0 Å². The van der Waals surface area contributed by atoms with E-state index in [0.717, 1.165) is 57.5 Å². The minimum Gasteiger partial charge on any atom is -0.309 e. The molecule has 5 aliphatic carbocycles. The Bertz CT molecular complexity index is 3080. The summed E-state index contributed by atoms with van der Waals surface area (Å²) in [7, 11) is 0. The number of fused-ring (bicyclic) bond motifs is 6. The van der Waals surface area contributed by atoms with E-state index in [0.29, 0.717) is 0 Å². The van der Waals surface area contributed by atoms with E-state index in [1.54, 1.807) is 11.1 Å². The van der Waals surface area contributed by atoms with Crippen molar-refractivity contribution in [2.75, 3.05) is 4.90 Å². The Labute approximate surface area is 351 Å². The lowest BCUT2D eigenvalue weighted by Gasteiger charge is -2.61. The molecular formula is C57H45N3. The van der Waals surface area contributed by atoms with E-state index < -0.39 is 0 Å². The maximum atomic E-state index is 4.87. The molecule has 288 valence electrons. The lowest BCUT2D eigenvalue weighted by molar-refractivity contribution is -0.0399. The predicted molar refractivity (Wildman–Crippen MR) is 247 cm³/mol. The molecule has 1 spiro atoms. The summed E-state index contributed by atoms with van der Waals surface area (Å²) in [5, 5.41) is 2.43. The Morgan fingerprint density at radius 1 is 0.467 bits per heavy atom. The minimum absolute atomic E-state index is 0.153. The molecule has 0 amide bonds. The van der Waals surface area contributed by atoms with Crippen molar-refractivity contribution >= 4 is 38.9 Å². The molecule has 0 unspecified atom stereocenters. The zero-order valence-electron chi connectivity index (χ0n) is 33.6. The molecule has 7 aromatic carbocycles. The first-order valence-electron chi connectivity index (χ1n) is 22.0. The molecule has 4 saturated carbocycles. The second-order valence-electron chi connectivity index (χ2n) is 18.0. The third-order valence-corrected chi connectivity index (χ3v) is 15.0. The molecule has 0 saturated heterocycles. The maximum Gasteiger partial charge on any atom is 0.0651 e. The van der Waals surface area contributed by atoms with E-state index in [2.05, 4.69) is 185 Å². The fourth-order valence-corrected chi connectivity index (χ4v) is 12.9. The second-order valence-corrected chi connectivity index (χ2v) is 18.0. The zero-order chi connectivity index (χ0) is 39.4. The van der Waals surface area contributed by atoms with E-state index in [9.17, 15) is 0 Å². The van der Waals surface area contributed by atoms with Gasteiger partial charge in [-0.2, -0.15) is 0 Å². The molecule has 0 aliphatic heterocycles. The van der Waals surface area contributed by atoms with Gasteiger partial charge >= 0.3 is 0 Å². The molecule has 9 aromatic rings. The highest BCUT2D eigenvalue weighted by atomic mass is 15.2. The van der Waals surface area contributed by atoms with Gasteiger partial charge < -0.3 is 9.47 Å². The Kier molecular flexibility index (Phi) is 7.49. The largest absolute Gasteiger partial charge is 0.309 e. The normalized spacial score (nSPS) is 22.1. The molecular weight excluding hydrogens is 727 g/mol. The number of aromatic nitrogens is 2. The average Bonchev–Trinajstić information content (AvgIpc) is 3.80. The fraction of sp³-hybridized carbons (Fsp3) is 0.175. The van der Waals surface area contributed by atoms with Crippen molar-refractivity contribution in [3.05, 3.63) is 199 Å². The van der Waals surface area contributed by atoms with Gasteiger partial charge in [0.15, 0.2) is 0 Å². The molecule has 2 heterocycles. The molecule has 60 heavy (non-hydrogen) atoms. The van der Waals surface area contributed by atoms with Gasteiger partial charge in [0.05, 0.1) is 28.6 Å². The first-order chi connectivity index (χ1) is 29.7. The summed E-state index contributed by atoms with van der Waals surface area (Å²) in [6.45, 7) is 0. The van der Waals surface area contributed by atoms with Crippen LogP contribution in [0, 0.1) is 23.7 Å². The van der Waals surface area contributed by atoms with Crippen LogP contribution in [0.4, 0.5) is 17.1 Å². The second kappa shape index (κ2) is 13.1. The van der Waals surface area contributed by atoms with Crippen molar-refractivity contribution in [3.8, 4) is 39.1 Å². The highest BCUT2D eigenvalue weighted by Crippen LogP contribution is 2.69. The number of rotatable bonds is 6. The van der Waals surface area contributed by atoms with E-state index in [1.165, 1.54) is 76.2 Å². The first-order valence-corrected chi connectivity index (χ1v) is 22.0. The van der Waals surface area contributed by atoms with Crippen molar-refractivity contribution in [1.82, 2.24) is 9.55 Å². The maximum absolute atomic E-state index is 4.87. The van der Waals surface area contributed by atoms with Gasteiger partial charge in [0.1, 0.15) is 0 Å². The number of para-hydroxylation sites is 2. The van der Waals surface area contributed by atoms with Crippen LogP contribution in [-0.4, -0.2) is 9.55 Å². The first kappa shape index (κ1) is 34.2. The van der Waals surface area contributed by atoms with E-state index in [4.69, 9.17) is 4.98 Å². The van der Waals surface area contributed by atoms with Gasteiger partial charge in [0.2, 0.25) is 0 Å². The van der Waals surface area contributed by atoms with Gasteiger partial charge in [-0.3, -0.25) is 4.98 Å². The van der Waals surface area contributed by atoms with Crippen molar-refractivity contribution in [3.63, 3.8) is 0 Å². The Hall–Kier alpha value is -6.71. The summed E-state index contributed by atoms with van der Waals surface area (Å²) in [4.78, 5) is 7.28. The molecule has 2 aromatic heterocycles. The van der Waals surface area contributed by atoms with Crippen LogP contribution in [0.1, 0.15) is 43.2 Å². The SMILES string of the molecule is c1ccc(-c2cncc(N(c3ccc(-c4ccc5c(c4)C4(c6ccccc6-5)C5CC6CC(C5)CC4C6)cc3)c3cccc4c3c3ccccc3n4-c3ccccc3)c2)cc1. The van der Waals surface area contributed by atoms with Gasteiger partial charge in [0.25, 0.3) is 0 Å².